The van der Waals surface area contributed by atoms with Crippen molar-refractivity contribution < 1.29 is 9.84 Å². The van der Waals surface area contributed by atoms with Gasteiger partial charge in [0.2, 0.25) is 0 Å². The second-order valence-corrected chi connectivity index (χ2v) is 5.94. The van der Waals surface area contributed by atoms with E-state index in [4.69, 9.17) is 9.72 Å². The van der Waals surface area contributed by atoms with Crippen LogP contribution in [0.4, 0.5) is 5.82 Å². The molecule has 1 aliphatic carbocycles. The number of nitrogens with zero attached hydrogens (tertiary/aromatic N) is 3. The number of morpholine rings is 1. The molecule has 0 saturated carbocycles. The summed E-state index contributed by atoms with van der Waals surface area (Å²) < 4.78 is 5.67. The molecule has 2 unspecified atom stereocenters. The number of ether oxygens (including phenoxy) is 1. The minimum Gasteiger partial charge on any atom is -0.394 e. The molecule has 5 nitrogen and oxygen atoms in total. The van der Waals surface area contributed by atoms with Gasteiger partial charge in [0.25, 0.3) is 0 Å². The lowest BCUT2D eigenvalue weighted by Crippen LogP contribution is -2.48. The molecule has 1 fully saturated rings. The van der Waals surface area contributed by atoms with Crippen LogP contribution >= 0.6 is 0 Å². The predicted molar refractivity (Wildman–Crippen MR) is 79.2 cm³/mol. The molecular formula is C16H21N3O2. The normalized spacial score (nSPS) is 25.3. The van der Waals surface area contributed by atoms with Crippen LogP contribution in [0.2, 0.25) is 0 Å². The lowest BCUT2D eigenvalue weighted by Gasteiger charge is -2.37. The summed E-state index contributed by atoms with van der Waals surface area (Å²) in [5.74, 6) is 0.756. The minimum absolute atomic E-state index is 0.00628. The summed E-state index contributed by atoms with van der Waals surface area (Å²) in [6.45, 7) is 3.27. The van der Waals surface area contributed by atoms with Gasteiger partial charge in [-0.3, -0.25) is 0 Å². The Hall–Kier alpha value is -1.64. The van der Waals surface area contributed by atoms with E-state index in [1.54, 1.807) is 0 Å². The van der Waals surface area contributed by atoms with Crippen LogP contribution in [0.3, 0.4) is 0 Å². The molecule has 2 heterocycles. The van der Waals surface area contributed by atoms with Crippen molar-refractivity contribution in [3.8, 4) is 6.07 Å². The number of hydrogen-bond acceptors (Lipinski definition) is 5. The first-order valence-electron chi connectivity index (χ1n) is 7.65. The Morgan fingerprint density at radius 3 is 3.00 bits per heavy atom. The van der Waals surface area contributed by atoms with Crippen molar-refractivity contribution >= 4 is 5.82 Å². The molecule has 5 heteroatoms. The highest BCUT2D eigenvalue weighted by Gasteiger charge is 2.28. The Morgan fingerprint density at radius 1 is 1.43 bits per heavy atom. The van der Waals surface area contributed by atoms with Gasteiger partial charge in [-0.2, -0.15) is 5.26 Å². The fourth-order valence-corrected chi connectivity index (χ4v) is 3.27. The van der Waals surface area contributed by atoms with Crippen LogP contribution in [-0.2, 0) is 17.6 Å². The Morgan fingerprint density at radius 2 is 2.24 bits per heavy atom. The SMILES string of the molecule is CC1CN(c2nc3c(cc2C#N)CCCC3)CC(CO)O1. The number of aromatic nitrogens is 1. The van der Waals surface area contributed by atoms with Crippen LogP contribution in [0.25, 0.3) is 0 Å². The number of anilines is 1. The molecule has 3 rings (SSSR count). The molecule has 0 radical (unpaired) electrons. The molecule has 2 atom stereocenters. The van der Waals surface area contributed by atoms with Gasteiger partial charge in [-0.15, -0.1) is 0 Å². The number of aryl methyl sites for hydroxylation is 2. The highest BCUT2D eigenvalue weighted by atomic mass is 16.5. The van der Waals surface area contributed by atoms with Crippen LogP contribution < -0.4 is 4.90 Å². The summed E-state index contributed by atoms with van der Waals surface area (Å²) in [7, 11) is 0. The van der Waals surface area contributed by atoms with E-state index in [0.29, 0.717) is 18.7 Å². The lowest BCUT2D eigenvalue weighted by molar-refractivity contribution is -0.0423. The number of aliphatic hydroxyl groups excluding tert-OH is 1. The minimum atomic E-state index is -0.210. The average molecular weight is 287 g/mol. The van der Waals surface area contributed by atoms with E-state index >= 15 is 0 Å². The standard InChI is InChI=1S/C16H21N3O2/c1-11-8-19(9-14(10-20)21-11)16-13(7-17)6-12-4-2-3-5-15(12)18-16/h6,11,14,20H,2-5,8-10H2,1H3. The number of aliphatic hydroxyl groups is 1. The van der Waals surface area contributed by atoms with E-state index in [1.165, 1.54) is 18.4 Å². The van der Waals surface area contributed by atoms with Crippen molar-refractivity contribution in [2.75, 3.05) is 24.6 Å². The van der Waals surface area contributed by atoms with Gasteiger partial charge in [0.1, 0.15) is 11.9 Å². The first-order chi connectivity index (χ1) is 10.2. The quantitative estimate of drug-likeness (QED) is 0.891. The Balaban J connectivity index is 1.95. The summed E-state index contributed by atoms with van der Waals surface area (Å²) >= 11 is 0. The third kappa shape index (κ3) is 2.87. The van der Waals surface area contributed by atoms with Crippen molar-refractivity contribution in [3.05, 3.63) is 22.9 Å². The third-order valence-electron chi connectivity index (χ3n) is 4.23. The van der Waals surface area contributed by atoms with Crippen molar-refractivity contribution in [2.24, 2.45) is 0 Å². The van der Waals surface area contributed by atoms with E-state index in [2.05, 4.69) is 11.0 Å². The Bertz CT molecular complexity index is 567. The molecule has 1 aromatic rings. The number of hydrogen-bond donors (Lipinski definition) is 1. The molecule has 1 aromatic heterocycles. The second kappa shape index (κ2) is 6.00. The van der Waals surface area contributed by atoms with E-state index in [9.17, 15) is 10.4 Å². The van der Waals surface area contributed by atoms with E-state index in [1.807, 2.05) is 13.0 Å². The van der Waals surface area contributed by atoms with Crippen LogP contribution in [0, 0.1) is 11.3 Å². The fourth-order valence-electron chi connectivity index (χ4n) is 3.27. The van der Waals surface area contributed by atoms with Crippen LogP contribution in [-0.4, -0.2) is 42.0 Å². The molecule has 0 bridgehead atoms. The van der Waals surface area contributed by atoms with Gasteiger partial charge >= 0.3 is 0 Å². The number of nitriles is 1. The number of rotatable bonds is 2. The molecule has 1 saturated heterocycles. The summed E-state index contributed by atoms with van der Waals surface area (Å²) in [4.78, 5) is 6.86. The maximum atomic E-state index is 9.44. The zero-order valence-electron chi connectivity index (χ0n) is 12.4. The smallest absolute Gasteiger partial charge is 0.147 e. The average Bonchev–Trinajstić information content (AvgIpc) is 2.52. The molecule has 1 N–H and O–H groups in total. The highest BCUT2D eigenvalue weighted by Crippen LogP contribution is 2.28. The van der Waals surface area contributed by atoms with E-state index in [0.717, 1.165) is 24.4 Å². The number of pyridine rings is 1. The van der Waals surface area contributed by atoms with Crippen molar-refractivity contribution in [3.63, 3.8) is 0 Å². The first kappa shape index (κ1) is 14.3. The van der Waals surface area contributed by atoms with Gasteiger partial charge in [-0.05, 0) is 44.2 Å². The van der Waals surface area contributed by atoms with Gasteiger partial charge in [-0.1, -0.05) is 0 Å². The first-order valence-corrected chi connectivity index (χ1v) is 7.65. The Labute approximate surface area is 125 Å². The molecule has 2 aliphatic rings. The molecule has 21 heavy (non-hydrogen) atoms. The molecule has 112 valence electrons. The van der Waals surface area contributed by atoms with Gasteiger partial charge in [0.15, 0.2) is 0 Å². The van der Waals surface area contributed by atoms with Gasteiger partial charge in [0.05, 0.1) is 24.4 Å². The topological polar surface area (TPSA) is 69.4 Å². The Kier molecular flexibility index (Phi) is 4.09. The molecule has 0 aromatic carbocycles. The summed E-state index contributed by atoms with van der Waals surface area (Å²) in [5, 5.41) is 18.8. The van der Waals surface area contributed by atoms with Crippen LogP contribution in [0.15, 0.2) is 6.07 Å². The summed E-state index contributed by atoms with van der Waals surface area (Å²) in [5.41, 5.74) is 3.00. The lowest BCUT2D eigenvalue weighted by atomic mass is 9.94. The number of fused-ring (bicyclic) bond motifs is 1. The van der Waals surface area contributed by atoms with Crippen molar-refractivity contribution in [1.82, 2.24) is 4.98 Å². The van der Waals surface area contributed by atoms with Gasteiger partial charge in [-0.25, -0.2) is 4.98 Å². The maximum Gasteiger partial charge on any atom is 0.147 e. The van der Waals surface area contributed by atoms with Crippen LogP contribution in [0.1, 0.15) is 36.6 Å². The molecule has 0 spiro atoms. The van der Waals surface area contributed by atoms with E-state index < -0.39 is 0 Å². The largest absolute Gasteiger partial charge is 0.394 e. The third-order valence-corrected chi connectivity index (χ3v) is 4.23. The maximum absolute atomic E-state index is 9.44. The highest BCUT2D eigenvalue weighted by molar-refractivity contribution is 5.57. The zero-order chi connectivity index (χ0) is 14.8. The summed E-state index contributed by atoms with van der Waals surface area (Å²) in [6, 6.07) is 4.29. The predicted octanol–water partition coefficient (Wildman–Crippen LogP) is 1.42. The summed E-state index contributed by atoms with van der Waals surface area (Å²) in [6.07, 6.45) is 4.19. The van der Waals surface area contributed by atoms with Crippen LogP contribution in [0.5, 0.6) is 0 Å². The van der Waals surface area contributed by atoms with Gasteiger partial charge < -0.3 is 14.7 Å². The van der Waals surface area contributed by atoms with Gasteiger partial charge in [0, 0.05) is 18.8 Å². The molecular weight excluding hydrogens is 266 g/mol. The molecule has 0 amide bonds. The fraction of sp³-hybridized carbons (Fsp3) is 0.625. The van der Waals surface area contributed by atoms with Crippen molar-refractivity contribution in [2.45, 2.75) is 44.8 Å². The monoisotopic (exact) mass is 287 g/mol. The second-order valence-electron chi connectivity index (χ2n) is 5.94. The van der Waals surface area contributed by atoms with E-state index in [-0.39, 0.29) is 18.8 Å². The molecule has 1 aliphatic heterocycles. The zero-order valence-corrected chi connectivity index (χ0v) is 12.4. The van der Waals surface area contributed by atoms with Crippen molar-refractivity contribution in [1.29, 1.82) is 5.26 Å².